The van der Waals surface area contributed by atoms with E-state index in [2.05, 4.69) is 4.74 Å². The number of fused-ring (bicyclic) bond motifs is 2. The van der Waals surface area contributed by atoms with Gasteiger partial charge < -0.3 is 4.74 Å². The summed E-state index contributed by atoms with van der Waals surface area (Å²) in [5, 5.41) is 0.523. The first-order chi connectivity index (χ1) is 11.5. The van der Waals surface area contributed by atoms with E-state index in [4.69, 9.17) is 11.6 Å². The van der Waals surface area contributed by atoms with E-state index in [1.165, 1.54) is 18.4 Å². The summed E-state index contributed by atoms with van der Waals surface area (Å²) in [6, 6.07) is 7.01. The zero-order chi connectivity index (χ0) is 17.3. The number of aryl methyl sites for hydroxylation is 2. The molecule has 24 heavy (non-hydrogen) atoms. The van der Waals surface area contributed by atoms with Crippen molar-refractivity contribution in [1.82, 2.24) is 0 Å². The van der Waals surface area contributed by atoms with Crippen molar-refractivity contribution in [2.45, 2.75) is 25.7 Å². The first-order valence-electron chi connectivity index (χ1n) is 7.55. The number of hydrogen-bond acceptors (Lipinski definition) is 5. The first-order valence-corrected chi connectivity index (χ1v) is 8.75. The molecule has 124 valence electrons. The van der Waals surface area contributed by atoms with Crippen molar-refractivity contribution in [3.05, 3.63) is 55.7 Å². The molecule has 0 bridgehead atoms. The van der Waals surface area contributed by atoms with E-state index >= 15 is 0 Å². The number of rotatable bonds is 4. The molecule has 2 aromatic rings. The van der Waals surface area contributed by atoms with Gasteiger partial charge in [0.2, 0.25) is 0 Å². The van der Waals surface area contributed by atoms with Crippen LogP contribution in [0.2, 0.25) is 5.02 Å². The average molecular weight is 363 g/mol. The van der Waals surface area contributed by atoms with Crippen LogP contribution in [0.1, 0.15) is 48.9 Å². The van der Waals surface area contributed by atoms with E-state index in [1.807, 2.05) is 6.07 Å². The van der Waals surface area contributed by atoms with E-state index < -0.39 is 5.97 Å². The monoisotopic (exact) mass is 362 g/mol. The molecule has 1 aliphatic rings. The normalized spacial score (nSPS) is 13.0. The van der Waals surface area contributed by atoms with Crippen molar-refractivity contribution < 1.29 is 19.1 Å². The first kappa shape index (κ1) is 16.9. The predicted octanol–water partition coefficient (Wildman–Crippen LogP) is 3.87. The second-order valence-electron chi connectivity index (χ2n) is 5.58. The molecule has 0 aliphatic heterocycles. The Balaban J connectivity index is 1.87. The van der Waals surface area contributed by atoms with Gasteiger partial charge in [0.25, 0.3) is 0 Å². The van der Waals surface area contributed by atoms with Crippen LogP contribution in [0.5, 0.6) is 0 Å². The number of ketones is 2. The number of ether oxygens (including phenoxy) is 1. The number of carbonyl (C=O) groups is 3. The van der Waals surface area contributed by atoms with Crippen LogP contribution in [0.25, 0.3) is 0 Å². The summed E-state index contributed by atoms with van der Waals surface area (Å²) in [6.45, 7) is 0. The van der Waals surface area contributed by atoms with Crippen molar-refractivity contribution in [2.24, 2.45) is 0 Å². The Labute approximate surface area is 148 Å². The van der Waals surface area contributed by atoms with Crippen molar-refractivity contribution in [2.75, 3.05) is 7.11 Å². The minimum atomic E-state index is -0.416. The number of hydrogen-bond donors (Lipinski definition) is 0. The van der Waals surface area contributed by atoms with Gasteiger partial charge in [0.15, 0.2) is 11.6 Å². The predicted molar refractivity (Wildman–Crippen MR) is 92.2 cm³/mol. The number of esters is 1. The van der Waals surface area contributed by atoms with Crippen LogP contribution in [0, 0.1) is 0 Å². The number of benzene rings is 1. The van der Waals surface area contributed by atoms with Gasteiger partial charge in [-0.05, 0) is 36.6 Å². The number of thiophene rings is 1. The SMILES string of the molecule is COC(=O)CCC(=O)c1cc2c(s1)CCc1ccc(Cl)cc1C2=O. The Bertz CT molecular complexity index is 838. The van der Waals surface area contributed by atoms with E-state index in [-0.39, 0.29) is 24.4 Å². The van der Waals surface area contributed by atoms with E-state index in [0.29, 0.717) is 27.4 Å². The fourth-order valence-corrected chi connectivity index (χ4v) is 4.05. The van der Waals surface area contributed by atoms with Crippen LogP contribution in [0.15, 0.2) is 24.3 Å². The molecule has 0 N–H and O–H groups in total. The van der Waals surface area contributed by atoms with Gasteiger partial charge in [-0.25, -0.2) is 0 Å². The molecule has 1 aromatic heterocycles. The summed E-state index contributed by atoms with van der Waals surface area (Å²) in [5.74, 6) is -0.651. The second-order valence-corrected chi connectivity index (χ2v) is 7.15. The number of methoxy groups -OCH3 is 1. The summed E-state index contributed by atoms with van der Waals surface area (Å²) >= 11 is 7.35. The molecular weight excluding hydrogens is 348 g/mol. The molecule has 4 nitrogen and oxygen atoms in total. The van der Waals surface area contributed by atoms with Crippen LogP contribution >= 0.6 is 22.9 Å². The summed E-state index contributed by atoms with van der Waals surface area (Å²) < 4.78 is 4.55. The van der Waals surface area contributed by atoms with Crippen LogP contribution < -0.4 is 0 Å². The highest BCUT2D eigenvalue weighted by atomic mass is 35.5. The average Bonchev–Trinajstić information content (AvgIpc) is 2.97. The van der Waals surface area contributed by atoms with Crippen LogP contribution in [0.3, 0.4) is 0 Å². The molecule has 1 aromatic carbocycles. The van der Waals surface area contributed by atoms with Crippen molar-refractivity contribution in [1.29, 1.82) is 0 Å². The topological polar surface area (TPSA) is 60.4 Å². The van der Waals surface area contributed by atoms with Gasteiger partial charge in [-0.3, -0.25) is 14.4 Å². The van der Waals surface area contributed by atoms with Gasteiger partial charge in [0, 0.05) is 27.4 Å². The van der Waals surface area contributed by atoms with E-state index in [9.17, 15) is 14.4 Å². The van der Waals surface area contributed by atoms with E-state index in [1.54, 1.807) is 18.2 Å². The zero-order valence-electron chi connectivity index (χ0n) is 13.1. The van der Waals surface area contributed by atoms with Gasteiger partial charge in [0.05, 0.1) is 18.4 Å². The molecule has 0 saturated carbocycles. The lowest BCUT2D eigenvalue weighted by Crippen LogP contribution is -2.05. The summed E-state index contributed by atoms with van der Waals surface area (Å²) in [5.41, 5.74) is 2.15. The molecule has 0 unspecified atom stereocenters. The third-order valence-electron chi connectivity index (χ3n) is 4.05. The summed E-state index contributed by atoms with van der Waals surface area (Å²) in [4.78, 5) is 37.6. The fraction of sp³-hybridized carbons (Fsp3) is 0.278. The Morgan fingerprint density at radius 2 is 1.96 bits per heavy atom. The minimum absolute atomic E-state index is 0.0459. The summed E-state index contributed by atoms with van der Waals surface area (Å²) in [6.07, 6.45) is 1.58. The zero-order valence-corrected chi connectivity index (χ0v) is 14.6. The maximum absolute atomic E-state index is 12.8. The lowest BCUT2D eigenvalue weighted by atomic mass is 10.0. The molecule has 0 fully saturated rings. The number of carbonyl (C=O) groups excluding carboxylic acids is 3. The highest BCUT2D eigenvalue weighted by molar-refractivity contribution is 7.14. The van der Waals surface area contributed by atoms with Crippen LogP contribution in [0.4, 0.5) is 0 Å². The second kappa shape index (κ2) is 6.87. The van der Waals surface area contributed by atoms with Crippen LogP contribution in [-0.2, 0) is 22.4 Å². The Hall–Kier alpha value is -1.98. The minimum Gasteiger partial charge on any atom is -0.469 e. The number of halogens is 1. The summed E-state index contributed by atoms with van der Waals surface area (Å²) in [7, 11) is 1.29. The Morgan fingerprint density at radius 1 is 1.17 bits per heavy atom. The highest BCUT2D eigenvalue weighted by Gasteiger charge is 2.25. The third-order valence-corrected chi connectivity index (χ3v) is 5.52. The van der Waals surface area contributed by atoms with Crippen molar-refractivity contribution >= 4 is 40.5 Å². The smallest absolute Gasteiger partial charge is 0.305 e. The molecule has 3 rings (SSSR count). The molecule has 0 amide bonds. The molecule has 1 aliphatic carbocycles. The van der Waals surface area contributed by atoms with E-state index in [0.717, 1.165) is 16.9 Å². The van der Waals surface area contributed by atoms with Gasteiger partial charge >= 0.3 is 5.97 Å². The van der Waals surface area contributed by atoms with Crippen molar-refractivity contribution in [3.63, 3.8) is 0 Å². The molecule has 1 heterocycles. The Kier molecular flexibility index (Phi) is 4.83. The van der Waals surface area contributed by atoms with Gasteiger partial charge in [-0.15, -0.1) is 11.3 Å². The maximum atomic E-state index is 12.8. The molecule has 6 heteroatoms. The highest BCUT2D eigenvalue weighted by Crippen LogP contribution is 2.32. The number of Topliss-reactive ketones (excluding diaryl/α,β-unsaturated/α-hetero) is 1. The largest absolute Gasteiger partial charge is 0.469 e. The van der Waals surface area contributed by atoms with Gasteiger partial charge in [-0.2, -0.15) is 0 Å². The van der Waals surface area contributed by atoms with Gasteiger partial charge in [0.1, 0.15) is 0 Å². The lowest BCUT2D eigenvalue weighted by molar-refractivity contribution is -0.140. The Morgan fingerprint density at radius 3 is 2.71 bits per heavy atom. The van der Waals surface area contributed by atoms with Crippen LogP contribution in [-0.4, -0.2) is 24.6 Å². The molecule has 0 saturated heterocycles. The maximum Gasteiger partial charge on any atom is 0.305 e. The standard InChI is InChI=1S/C18H15ClO4S/c1-23-17(21)7-5-14(20)16-9-13-15(24-16)6-3-10-2-4-11(19)8-12(10)18(13)22/h2,4,8-9H,3,5-7H2,1H3. The molecule has 0 radical (unpaired) electrons. The lowest BCUT2D eigenvalue weighted by Gasteiger charge is -2.04. The molecular formula is C18H15ClO4S. The third kappa shape index (κ3) is 3.28. The van der Waals surface area contributed by atoms with Crippen molar-refractivity contribution in [3.8, 4) is 0 Å². The molecule has 0 spiro atoms. The molecule has 0 atom stereocenters. The fourth-order valence-electron chi connectivity index (χ4n) is 2.76. The quantitative estimate of drug-likeness (QED) is 0.612. The van der Waals surface area contributed by atoms with Gasteiger partial charge in [-0.1, -0.05) is 17.7 Å².